The molecule has 16 heavy (non-hydrogen) atoms. The lowest BCUT2D eigenvalue weighted by Gasteiger charge is -2.11. The van der Waals surface area contributed by atoms with Crippen molar-refractivity contribution in [3.63, 3.8) is 0 Å². The van der Waals surface area contributed by atoms with E-state index in [4.69, 9.17) is 5.26 Å². The van der Waals surface area contributed by atoms with Crippen LogP contribution < -0.4 is 0 Å². The summed E-state index contributed by atoms with van der Waals surface area (Å²) >= 11 is 0. The number of hydrogen-bond acceptors (Lipinski definition) is 2. The Morgan fingerprint density at radius 1 is 1.38 bits per heavy atom. The fourth-order valence-corrected chi connectivity index (χ4v) is 1.17. The van der Waals surface area contributed by atoms with Crippen LogP contribution in [0.15, 0.2) is 18.2 Å². The van der Waals surface area contributed by atoms with Crippen LogP contribution in [0.4, 0.5) is 17.6 Å². The van der Waals surface area contributed by atoms with Crippen molar-refractivity contribution in [1.82, 2.24) is 0 Å². The molecule has 1 aromatic rings. The van der Waals surface area contributed by atoms with Gasteiger partial charge in [0.15, 0.2) is 0 Å². The first-order valence-corrected chi connectivity index (χ1v) is 4.28. The molecular weight excluding hydrogens is 226 g/mol. The Balaban J connectivity index is 3.06. The Labute approximate surface area is 88.7 Å². The highest BCUT2D eigenvalue weighted by Crippen LogP contribution is 2.31. The van der Waals surface area contributed by atoms with Crippen molar-refractivity contribution in [2.45, 2.75) is 18.7 Å². The molecule has 0 spiro atoms. The predicted molar refractivity (Wildman–Crippen MR) is 46.6 cm³/mol. The molecule has 0 amide bonds. The van der Waals surface area contributed by atoms with Crippen molar-refractivity contribution in [3.05, 3.63) is 35.1 Å². The predicted octanol–water partition coefficient (Wildman–Crippen LogP) is 2.79. The Bertz CT molecular complexity index is 422. The Kier molecular flexibility index (Phi) is 3.50. The molecular formula is C10H7F4NO. The molecule has 1 atom stereocenters. The van der Waals surface area contributed by atoms with E-state index in [0.29, 0.717) is 12.1 Å². The summed E-state index contributed by atoms with van der Waals surface area (Å²) in [5.41, 5.74) is -1.44. The molecule has 0 fully saturated rings. The second-order valence-corrected chi connectivity index (χ2v) is 3.11. The minimum absolute atomic E-state index is 0.302. The summed E-state index contributed by atoms with van der Waals surface area (Å²) in [5, 5.41) is 17.5. The third kappa shape index (κ3) is 2.70. The van der Waals surface area contributed by atoms with Crippen LogP contribution in [-0.4, -0.2) is 5.11 Å². The number of aliphatic hydroxyl groups excluding tert-OH is 1. The molecule has 2 nitrogen and oxygen atoms in total. The zero-order valence-corrected chi connectivity index (χ0v) is 7.92. The average Bonchev–Trinajstić information content (AvgIpc) is 2.16. The second-order valence-electron chi connectivity index (χ2n) is 3.11. The van der Waals surface area contributed by atoms with Crippen molar-refractivity contribution in [3.8, 4) is 6.07 Å². The average molecular weight is 233 g/mol. The Morgan fingerprint density at radius 3 is 2.44 bits per heavy atom. The van der Waals surface area contributed by atoms with Crippen molar-refractivity contribution < 1.29 is 22.7 Å². The number of nitriles is 1. The first-order valence-electron chi connectivity index (χ1n) is 4.28. The summed E-state index contributed by atoms with van der Waals surface area (Å²) in [4.78, 5) is 0. The monoisotopic (exact) mass is 233 g/mol. The fraction of sp³-hybridized carbons (Fsp3) is 0.300. The van der Waals surface area contributed by atoms with Gasteiger partial charge in [-0.05, 0) is 12.1 Å². The van der Waals surface area contributed by atoms with Crippen molar-refractivity contribution in [1.29, 1.82) is 5.26 Å². The maximum Gasteiger partial charge on any atom is 0.416 e. The molecule has 0 saturated carbocycles. The van der Waals surface area contributed by atoms with Crippen molar-refractivity contribution >= 4 is 0 Å². The lowest BCUT2D eigenvalue weighted by Crippen LogP contribution is -2.07. The summed E-state index contributed by atoms with van der Waals surface area (Å²) in [6, 6.07) is 3.40. The van der Waals surface area contributed by atoms with Crippen LogP contribution in [0.3, 0.4) is 0 Å². The molecule has 1 N–H and O–H groups in total. The van der Waals surface area contributed by atoms with Gasteiger partial charge in [-0.15, -0.1) is 0 Å². The number of rotatable bonds is 2. The number of nitrogens with zero attached hydrogens (tertiary/aromatic N) is 1. The number of halogens is 4. The van der Waals surface area contributed by atoms with E-state index in [1.54, 1.807) is 6.07 Å². The molecule has 0 saturated heterocycles. The normalized spacial score (nSPS) is 13.2. The van der Waals surface area contributed by atoms with Crippen LogP contribution in [0.1, 0.15) is 23.7 Å². The molecule has 1 aromatic carbocycles. The van der Waals surface area contributed by atoms with Crippen LogP contribution >= 0.6 is 0 Å². The molecule has 1 rings (SSSR count). The zero-order valence-electron chi connectivity index (χ0n) is 7.92. The Hall–Kier alpha value is -1.61. The van der Waals surface area contributed by atoms with Gasteiger partial charge in [-0.1, -0.05) is 6.07 Å². The summed E-state index contributed by atoms with van der Waals surface area (Å²) in [7, 11) is 0. The third-order valence-corrected chi connectivity index (χ3v) is 1.97. The van der Waals surface area contributed by atoms with E-state index in [1.807, 2.05) is 0 Å². The van der Waals surface area contributed by atoms with Gasteiger partial charge >= 0.3 is 6.18 Å². The maximum atomic E-state index is 13.2. The molecule has 86 valence electrons. The summed E-state index contributed by atoms with van der Waals surface area (Å²) in [6.45, 7) is 0. The highest BCUT2D eigenvalue weighted by molar-refractivity contribution is 5.28. The maximum absolute atomic E-state index is 13.2. The van der Waals surface area contributed by atoms with E-state index in [2.05, 4.69) is 0 Å². The first kappa shape index (κ1) is 12.5. The summed E-state index contributed by atoms with van der Waals surface area (Å²) in [5.74, 6) is -1.17. The Morgan fingerprint density at radius 2 is 2.00 bits per heavy atom. The van der Waals surface area contributed by atoms with E-state index in [0.717, 1.165) is 6.07 Å². The molecule has 0 aliphatic carbocycles. The van der Waals surface area contributed by atoms with Crippen LogP contribution in [0, 0.1) is 17.1 Å². The van der Waals surface area contributed by atoms with Crippen LogP contribution in [-0.2, 0) is 6.18 Å². The fourth-order valence-electron chi connectivity index (χ4n) is 1.17. The van der Waals surface area contributed by atoms with Gasteiger partial charge in [0.25, 0.3) is 0 Å². The minimum atomic E-state index is -4.63. The molecule has 0 aliphatic rings. The van der Waals surface area contributed by atoms with Gasteiger partial charge in [0, 0.05) is 5.56 Å². The quantitative estimate of drug-likeness (QED) is 0.798. The molecule has 6 heteroatoms. The van der Waals surface area contributed by atoms with Crippen molar-refractivity contribution in [2.24, 2.45) is 0 Å². The number of aliphatic hydroxyl groups is 1. The van der Waals surface area contributed by atoms with Gasteiger partial charge in [0.1, 0.15) is 5.82 Å². The molecule has 0 aliphatic heterocycles. The minimum Gasteiger partial charge on any atom is -0.387 e. The van der Waals surface area contributed by atoms with E-state index in [-0.39, 0.29) is 12.0 Å². The van der Waals surface area contributed by atoms with Gasteiger partial charge < -0.3 is 5.11 Å². The van der Waals surface area contributed by atoms with Gasteiger partial charge in [-0.3, -0.25) is 0 Å². The highest BCUT2D eigenvalue weighted by Gasteiger charge is 2.31. The van der Waals surface area contributed by atoms with Crippen LogP contribution in [0.2, 0.25) is 0 Å². The summed E-state index contributed by atoms with van der Waals surface area (Å²) in [6.07, 6.45) is -6.41. The molecule has 0 heterocycles. The van der Waals surface area contributed by atoms with E-state index >= 15 is 0 Å². The molecule has 0 aromatic heterocycles. The first-order chi connectivity index (χ1) is 7.36. The van der Waals surface area contributed by atoms with Gasteiger partial charge in [0.2, 0.25) is 0 Å². The molecule has 1 unspecified atom stereocenters. The zero-order chi connectivity index (χ0) is 12.3. The van der Waals surface area contributed by atoms with Gasteiger partial charge in [-0.25, -0.2) is 4.39 Å². The van der Waals surface area contributed by atoms with E-state index in [1.165, 1.54) is 0 Å². The molecule has 0 radical (unpaired) electrons. The van der Waals surface area contributed by atoms with Gasteiger partial charge in [0.05, 0.1) is 24.2 Å². The van der Waals surface area contributed by atoms with Crippen LogP contribution in [0.25, 0.3) is 0 Å². The van der Waals surface area contributed by atoms with E-state index in [9.17, 15) is 22.7 Å². The lowest BCUT2D eigenvalue weighted by atomic mass is 10.0. The summed E-state index contributed by atoms with van der Waals surface area (Å²) < 4.78 is 49.7. The SMILES string of the molecule is N#CCC(O)c1ccc(C(F)(F)F)cc1F. The van der Waals surface area contributed by atoms with E-state index < -0.39 is 23.7 Å². The van der Waals surface area contributed by atoms with Gasteiger partial charge in [-0.2, -0.15) is 18.4 Å². The highest BCUT2D eigenvalue weighted by atomic mass is 19.4. The number of hydrogen-bond donors (Lipinski definition) is 1. The smallest absolute Gasteiger partial charge is 0.387 e. The number of benzene rings is 1. The largest absolute Gasteiger partial charge is 0.416 e. The van der Waals surface area contributed by atoms with Crippen LogP contribution in [0.5, 0.6) is 0 Å². The van der Waals surface area contributed by atoms with Crippen molar-refractivity contribution in [2.75, 3.05) is 0 Å². The topological polar surface area (TPSA) is 44.0 Å². The standard InChI is InChI=1S/C10H7F4NO/c11-8-5-6(10(12,13)14)1-2-7(8)9(16)3-4-15/h1-2,5,9,16H,3H2. The second kappa shape index (κ2) is 4.49. The number of alkyl halides is 3. The lowest BCUT2D eigenvalue weighted by molar-refractivity contribution is -0.137. The molecule has 0 bridgehead atoms. The third-order valence-electron chi connectivity index (χ3n) is 1.97.